The van der Waals surface area contributed by atoms with Crippen molar-refractivity contribution in [1.29, 1.82) is 0 Å². The molecular formula is C13H17N5O2. The largest absolute Gasteiger partial charge is 0.376 e. The van der Waals surface area contributed by atoms with E-state index in [4.69, 9.17) is 9.26 Å². The predicted molar refractivity (Wildman–Crippen MR) is 74.0 cm³/mol. The van der Waals surface area contributed by atoms with Crippen LogP contribution in [0.4, 0.5) is 17.6 Å². The summed E-state index contributed by atoms with van der Waals surface area (Å²) in [4.78, 5) is 8.55. The minimum absolute atomic E-state index is 0.258. The monoisotopic (exact) mass is 275 g/mol. The second-order valence-corrected chi connectivity index (χ2v) is 4.73. The maximum Gasteiger partial charge on any atom is 0.224 e. The predicted octanol–water partition coefficient (Wildman–Crippen LogP) is 2.11. The Hall–Kier alpha value is -2.15. The van der Waals surface area contributed by atoms with E-state index in [0.29, 0.717) is 17.6 Å². The zero-order chi connectivity index (χ0) is 13.8. The molecule has 0 aromatic carbocycles. The lowest BCUT2D eigenvalue weighted by Gasteiger charge is -2.11. The molecule has 1 aliphatic rings. The number of aromatic nitrogens is 3. The Balaban J connectivity index is 1.60. The van der Waals surface area contributed by atoms with E-state index in [-0.39, 0.29) is 6.10 Å². The van der Waals surface area contributed by atoms with Crippen molar-refractivity contribution < 1.29 is 9.26 Å². The first kappa shape index (κ1) is 12.9. The fourth-order valence-corrected chi connectivity index (χ4v) is 2.08. The molecule has 0 bridgehead atoms. The van der Waals surface area contributed by atoms with Crippen molar-refractivity contribution in [2.45, 2.75) is 25.9 Å². The van der Waals surface area contributed by atoms with Crippen molar-refractivity contribution in [3.8, 4) is 0 Å². The van der Waals surface area contributed by atoms with Gasteiger partial charge in [0.05, 0.1) is 6.10 Å². The number of rotatable bonds is 5. The highest BCUT2D eigenvalue weighted by molar-refractivity contribution is 5.52. The first-order valence-electron chi connectivity index (χ1n) is 6.68. The van der Waals surface area contributed by atoms with Gasteiger partial charge in [0.2, 0.25) is 5.95 Å². The molecule has 3 rings (SSSR count). The number of hydrogen-bond acceptors (Lipinski definition) is 7. The van der Waals surface area contributed by atoms with Gasteiger partial charge in [-0.05, 0) is 25.8 Å². The quantitative estimate of drug-likeness (QED) is 0.864. The van der Waals surface area contributed by atoms with Crippen molar-refractivity contribution in [3.63, 3.8) is 0 Å². The van der Waals surface area contributed by atoms with Gasteiger partial charge in [-0.3, -0.25) is 0 Å². The van der Waals surface area contributed by atoms with Gasteiger partial charge in [-0.2, -0.15) is 4.98 Å². The van der Waals surface area contributed by atoms with Crippen LogP contribution in [0.25, 0.3) is 0 Å². The SMILES string of the molecule is Cc1cc(Nc2ccnc(NCC3CCCO3)n2)no1. The minimum atomic E-state index is 0.258. The molecule has 1 saturated heterocycles. The summed E-state index contributed by atoms with van der Waals surface area (Å²) in [6.45, 7) is 3.42. The summed E-state index contributed by atoms with van der Waals surface area (Å²) >= 11 is 0. The summed E-state index contributed by atoms with van der Waals surface area (Å²) in [6.07, 6.45) is 4.16. The van der Waals surface area contributed by atoms with Crippen LogP contribution >= 0.6 is 0 Å². The third kappa shape index (κ3) is 3.24. The van der Waals surface area contributed by atoms with E-state index in [1.165, 1.54) is 0 Å². The molecule has 0 amide bonds. The number of ether oxygens (including phenoxy) is 1. The highest BCUT2D eigenvalue weighted by atomic mass is 16.5. The molecule has 2 aromatic heterocycles. The van der Waals surface area contributed by atoms with Crippen molar-refractivity contribution in [2.75, 3.05) is 23.8 Å². The zero-order valence-electron chi connectivity index (χ0n) is 11.3. The normalized spacial score (nSPS) is 18.1. The van der Waals surface area contributed by atoms with E-state index in [1.807, 2.05) is 13.0 Å². The Labute approximate surface area is 116 Å². The lowest BCUT2D eigenvalue weighted by Crippen LogP contribution is -2.19. The molecular weight excluding hydrogens is 258 g/mol. The van der Waals surface area contributed by atoms with Gasteiger partial charge in [-0.25, -0.2) is 4.98 Å². The van der Waals surface area contributed by atoms with E-state index >= 15 is 0 Å². The molecule has 2 N–H and O–H groups in total. The highest BCUT2D eigenvalue weighted by Gasteiger charge is 2.15. The third-order valence-electron chi connectivity index (χ3n) is 3.05. The van der Waals surface area contributed by atoms with Crippen LogP contribution < -0.4 is 10.6 Å². The van der Waals surface area contributed by atoms with Gasteiger partial charge >= 0.3 is 0 Å². The molecule has 0 spiro atoms. The second-order valence-electron chi connectivity index (χ2n) is 4.73. The van der Waals surface area contributed by atoms with Gasteiger partial charge in [-0.15, -0.1) is 0 Å². The smallest absolute Gasteiger partial charge is 0.224 e. The summed E-state index contributed by atoms with van der Waals surface area (Å²) < 4.78 is 10.5. The van der Waals surface area contributed by atoms with E-state index in [1.54, 1.807) is 12.3 Å². The number of nitrogens with zero attached hydrogens (tertiary/aromatic N) is 3. The van der Waals surface area contributed by atoms with Gasteiger partial charge in [0.1, 0.15) is 11.6 Å². The minimum Gasteiger partial charge on any atom is -0.376 e. The summed E-state index contributed by atoms with van der Waals surface area (Å²) in [7, 11) is 0. The van der Waals surface area contributed by atoms with Gasteiger partial charge < -0.3 is 19.9 Å². The van der Waals surface area contributed by atoms with Crippen LogP contribution in [0.15, 0.2) is 22.9 Å². The lowest BCUT2D eigenvalue weighted by molar-refractivity contribution is 0.120. The first-order chi connectivity index (χ1) is 9.79. The average Bonchev–Trinajstić information content (AvgIpc) is 3.09. The summed E-state index contributed by atoms with van der Waals surface area (Å²) in [5.41, 5.74) is 0. The first-order valence-corrected chi connectivity index (χ1v) is 6.68. The molecule has 0 aliphatic carbocycles. The van der Waals surface area contributed by atoms with Gasteiger partial charge in [0.25, 0.3) is 0 Å². The molecule has 2 aromatic rings. The van der Waals surface area contributed by atoms with Gasteiger partial charge in [-0.1, -0.05) is 5.16 Å². The van der Waals surface area contributed by atoms with Crippen LogP contribution in [-0.4, -0.2) is 34.4 Å². The number of aryl methyl sites for hydroxylation is 1. The summed E-state index contributed by atoms with van der Waals surface area (Å²) in [5.74, 6) is 2.62. The van der Waals surface area contributed by atoms with Gasteiger partial charge in [0, 0.05) is 25.4 Å². The molecule has 0 radical (unpaired) electrons. The van der Waals surface area contributed by atoms with Crippen molar-refractivity contribution in [2.24, 2.45) is 0 Å². The Morgan fingerprint density at radius 3 is 3.10 bits per heavy atom. The Morgan fingerprint density at radius 1 is 1.40 bits per heavy atom. The highest BCUT2D eigenvalue weighted by Crippen LogP contribution is 2.16. The van der Waals surface area contributed by atoms with Crippen molar-refractivity contribution in [1.82, 2.24) is 15.1 Å². The van der Waals surface area contributed by atoms with E-state index < -0.39 is 0 Å². The molecule has 20 heavy (non-hydrogen) atoms. The van der Waals surface area contributed by atoms with E-state index in [0.717, 1.165) is 31.8 Å². The number of hydrogen-bond donors (Lipinski definition) is 2. The Bertz CT molecular complexity index is 565. The van der Waals surface area contributed by atoms with Crippen LogP contribution in [0.2, 0.25) is 0 Å². The summed E-state index contributed by atoms with van der Waals surface area (Å²) in [5, 5.41) is 10.1. The standard InChI is InChI=1S/C13H17N5O2/c1-9-7-12(18-20-9)16-11-4-5-14-13(17-11)15-8-10-3-2-6-19-10/h4-5,7,10H,2-3,6,8H2,1H3,(H2,14,15,16,17,18). The Kier molecular flexibility index (Phi) is 3.78. The number of anilines is 3. The van der Waals surface area contributed by atoms with Crippen LogP contribution in [0.1, 0.15) is 18.6 Å². The molecule has 7 nitrogen and oxygen atoms in total. The van der Waals surface area contributed by atoms with E-state index in [9.17, 15) is 0 Å². The fourth-order valence-electron chi connectivity index (χ4n) is 2.08. The zero-order valence-corrected chi connectivity index (χ0v) is 11.3. The van der Waals surface area contributed by atoms with E-state index in [2.05, 4.69) is 25.8 Å². The van der Waals surface area contributed by atoms with Crippen molar-refractivity contribution in [3.05, 3.63) is 24.1 Å². The van der Waals surface area contributed by atoms with Crippen LogP contribution in [0, 0.1) is 6.92 Å². The fraction of sp³-hybridized carbons (Fsp3) is 0.462. The molecule has 106 valence electrons. The maximum atomic E-state index is 5.55. The third-order valence-corrected chi connectivity index (χ3v) is 3.05. The van der Waals surface area contributed by atoms with Crippen LogP contribution in [0.5, 0.6) is 0 Å². The molecule has 7 heteroatoms. The maximum absolute atomic E-state index is 5.55. The summed E-state index contributed by atoms with van der Waals surface area (Å²) in [6, 6.07) is 3.59. The molecule has 0 saturated carbocycles. The molecule has 1 unspecified atom stereocenters. The number of nitrogens with one attached hydrogen (secondary N) is 2. The molecule has 3 heterocycles. The molecule has 1 fully saturated rings. The topological polar surface area (TPSA) is 85.1 Å². The van der Waals surface area contributed by atoms with Gasteiger partial charge in [0.15, 0.2) is 5.82 Å². The molecule has 1 atom stereocenters. The van der Waals surface area contributed by atoms with Crippen molar-refractivity contribution >= 4 is 17.6 Å². The Morgan fingerprint density at radius 2 is 2.35 bits per heavy atom. The van der Waals surface area contributed by atoms with Crippen LogP contribution in [0.3, 0.4) is 0 Å². The lowest BCUT2D eigenvalue weighted by atomic mass is 10.2. The second kappa shape index (κ2) is 5.87. The molecule has 1 aliphatic heterocycles. The van der Waals surface area contributed by atoms with Crippen LogP contribution in [-0.2, 0) is 4.74 Å². The average molecular weight is 275 g/mol.